The van der Waals surface area contributed by atoms with Gasteiger partial charge in [-0.15, -0.1) is 10.2 Å². The molecule has 134 valence electrons. The molecule has 1 aromatic carbocycles. The third-order valence-corrected chi connectivity index (χ3v) is 5.08. The Morgan fingerprint density at radius 1 is 0.962 bits per heavy atom. The quantitative estimate of drug-likeness (QED) is 0.658. The predicted octanol–water partition coefficient (Wildman–Crippen LogP) is 3.06. The van der Waals surface area contributed by atoms with Crippen molar-refractivity contribution in [3.8, 4) is 5.82 Å². The van der Waals surface area contributed by atoms with Crippen molar-refractivity contribution in [1.82, 2.24) is 24.9 Å². The van der Waals surface area contributed by atoms with E-state index >= 15 is 0 Å². The fourth-order valence-electron chi connectivity index (χ4n) is 3.18. The highest BCUT2D eigenvalue weighted by molar-refractivity contribution is 9.10. The van der Waals surface area contributed by atoms with E-state index in [9.17, 15) is 0 Å². The lowest BCUT2D eigenvalue weighted by Gasteiger charge is -2.35. The summed E-state index contributed by atoms with van der Waals surface area (Å²) >= 11 is 3.54. The molecule has 0 radical (unpaired) electrons. The van der Waals surface area contributed by atoms with Crippen LogP contribution in [0.15, 0.2) is 53.1 Å². The highest BCUT2D eigenvalue weighted by atomic mass is 79.9. The summed E-state index contributed by atoms with van der Waals surface area (Å²) in [6.07, 6.45) is 1.90. The van der Waals surface area contributed by atoms with Gasteiger partial charge in [-0.05, 0) is 42.8 Å². The number of piperazine rings is 1. The van der Waals surface area contributed by atoms with Crippen LogP contribution in [0.1, 0.15) is 11.3 Å². The molecular weight excluding hydrogens is 392 g/mol. The summed E-state index contributed by atoms with van der Waals surface area (Å²) in [4.78, 5) is 4.77. The lowest BCUT2D eigenvalue weighted by molar-refractivity contribution is 0.249. The number of hydrogen-bond acceptors (Lipinski definition) is 5. The monoisotopic (exact) mass is 412 g/mol. The van der Waals surface area contributed by atoms with Crippen LogP contribution in [0.2, 0.25) is 0 Å². The minimum Gasteiger partial charge on any atom is -0.353 e. The third kappa shape index (κ3) is 3.94. The summed E-state index contributed by atoms with van der Waals surface area (Å²) in [5.74, 6) is 1.68. The van der Waals surface area contributed by atoms with Crippen molar-refractivity contribution in [3.63, 3.8) is 0 Å². The first-order valence-corrected chi connectivity index (χ1v) is 9.55. The molecule has 0 aliphatic carbocycles. The summed E-state index contributed by atoms with van der Waals surface area (Å²) in [5, 5.41) is 13.1. The molecule has 1 saturated heterocycles. The van der Waals surface area contributed by atoms with Crippen molar-refractivity contribution in [1.29, 1.82) is 0 Å². The zero-order valence-corrected chi connectivity index (χ0v) is 16.3. The second-order valence-electron chi connectivity index (χ2n) is 6.54. The fraction of sp³-hybridized carbons (Fsp3) is 0.316. The van der Waals surface area contributed by atoms with Crippen molar-refractivity contribution in [3.05, 3.63) is 64.4 Å². The Hall–Kier alpha value is -2.25. The lowest BCUT2D eigenvalue weighted by atomic mass is 10.2. The smallest absolute Gasteiger partial charge is 0.175 e. The zero-order chi connectivity index (χ0) is 17.9. The highest BCUT2D eigenvalue weighted by Crippen LogP contribution is 2.17. The van der Waals surface area contributed by atoms with Gasteiger partial charge in [-0.2, -0.15) is 5.10 Å². The molecule has 0 atom stereocenters. The summed E-state index contributed by atoms with van der Waals surface area (Å²) in [7, 11) is 0. The molecule has 4 rings (SSSR count). The molecule has 2 aromatic heterocycles. The number of aryl methyl sites for hydroxylation is 1. The highest BCUT2D eigenvalue weighted by Gasteiger charge is 2.18. The fourth-order valence-corrected chi connectivity index (χ4v) is 3.63. The van der Waals surface area contributed by atoms with Gasteiger partial charge in [0.25, 0.3) is 0 Å². The number of aromatic nitrogens is 4. The second-order valence-corrected chi connectivity index (χ2v) is 7.46. The van der Waals surface area contributed by atoms with Crippen molar-refractivity contribution in [2.45, 2.75) is 13.5 Å². The van der Waals surface area contributed by atoms with E-state index in [-0.39, 0.29) is 0 Å². The van der Waals surface area contributed by atoms with Crippen LogP contribution in [0, 0.1) is 6.92 Å². The van der Waals surface area contributed by atoms with E-state index in [2.05, 4.69) is 65.3 Å². The molecular formula is C19H21BrN6. The average Bonchev–Trinajstić information content (AvgIpc) is 3.09. The maximum atomic E-state index is 4.40. The number of rotatable bonds is 4. The first-order chi connectivity index (χ1) is 12.7. The van der Waals surface area contributed by atoms with E-state index in [0.29, 0.717) is 0 Å². The minimum atomic E-state index is 0.746. The zero-order valence-electron chi connectivity index (χ0n) is 14.7. The average molecular weight is 413 g/mol. The van der Waals surface area contributed by atoms with Gasteiger partial charge >= 0.3 is 0 Å². The number of nitrogens with zero attached hydrogens (tertiary/aromatic N) is 6. The SMILES string of the molecule is Cc1ccn(-c2ccc(N3CCN(Cc4cccc(Br)c4)CC3)nn2)n1. The molecule has 26 heavy (non-hydrogen) atoms. The Bertz CT molecular complexity index is 868. The van der Waals surface area contributed by atoms with Gasteiger partial charge in [0, 0.05) is 43.4 Å². The Morgan fingerprint density at radius 2 is 1.73 bits per heavy atom. The van der Waals surface area contributed by atoms with E-state index in [1.54, 1.807) is 4.68 Å². The van der Waals surface area contributed by atoms with Crippen LogP contribution in [0.5, 0.6) is 0 Å². The van der Waals surface area contributed by atoms with Crippen molar-refractivity contribution < 1.29 is 0 Å². The number of benzene rings is 1. The first kappa shape index (κ1) is 17.2. The van der Waals surface area contributed by atoms with Crippen LogP contribution in [0.4, 0.5) is 5.82 Å². The van der Waals surface area contributed by atoms with Gasteiger partial charge in [-0.1, -0.05) is 28.1 Å². The maximum Gasteiger partial charge on any atom is 0.175 e. The van der Waals surface area contributed by atoms with E-state index in [4.69, 9.17) is 0 Å². The lowest BCUT2D eigenvalue weighted by Crippen LogP contribution is -2.46. The molecule has 0 spiro atoms. The van der Waals surface area contributed by atoms with E-state index in [1.807, 2.05) is 31.3 Å². The standard InChI is InChI=1S/C19H21BrN6/c1-15-7-8-26(23-15)19-6-5-18(21-22-19)25-11-9-24(10-12-25)14-16-3-2-4-17(20)13-16/h2-8,13H,9-12,14H2,1H3. The van der Waals surface area contributed by atoms with Crippen LogP contribution in [0.25, 0.3) is 5.82 Å². The summed E-state index contributed by atoms with van der Waals surface area (Å²) in [6.45, 7) is 6.91. The van der Waals surface area contributed by atoms with E-state index in [1.165, 1.54) is 5.56 Å². The Labute approximate surface area is 161 Å². The van der Waals surface area contributed by atoms with E-state index in [0.717, 1.165) is 54.5 Å². The molecule has 0 bridgehead atoms. The maximum absolute atomic E-state index is 4.40. The Kier molecular flexibility index (Phi) is 4.99. The van der Waals surface area contributed by atoms with Crippen LogP contribution < -0.4 is 4.90 Å². The van der Waals surface area contributed by atoms with E-state index < -0.39 is 0 Å². The van der Waals surface area contributed by atoms with Crippen LogP contribution in [0.3, 0.4) is 0 Å². The van der Waals surface area contributed by atoms with Gasteiger partial charge < -0.3 is 4.90 Å². The van der Waals surface area contributed by atoms with Crippen molar-refractivity contribution >= 4 is 21.7 Å². The van der Waals surface area contributed by atoms with Crippen molar-refractivity contribution in [2.75, 3.05) is 31.1 Å². The predicted molar refractivity (Wildman–Crippen MR) is 106 cm³/mol. The Morgan fingerprint density at radius 3 is 2.38 bits per heavy atom. The summed E-state index contributed by atoms with van der Waals surface area (Å²) < 4.78 is 2.89. The molecule has 0 N–H and O–H groups in total. The normalized spacial score (nSPS) is 15.4. The minimum absolute atomic E-state index is 0.746. The molecule has 0 saturated carbocycles. The number of anilines is 1. The second kappa shape index (κ2) is 7.55. The molecule has 3 aromatic rings. The van der Waals surface area contributed by atoms with Crippen molar-refractivity contribution in [2.24, 2.45) is 0 Å². The van der Waals surface area contributed by atoms with Gasteiger partial charge in [0.2, 0.25) is 0 Å². The molecule has 7 heteroatoms. The molecule has 6 nitrogen and oxygen atoms in total. The molecule has 3 heterocycles. The molecule has 1 aliphatic heterocycles. The summed E-state index contributed by atoms with van der Waals surface area (Å²) in [6, 6.07) is 14.5. The summed E-state index contributed by atoms with van der Waals surface area (Å²) in [5.41, 5.74) is 2.31. The molecule has 1 fully saturated rings. The molecule has 0 amide bonds. The van der Waals surface area contributed by atoms with Gasteiger partial charge in [0.15, 0.2) is 11.6 Å². The topological polar surface area (TPSA) is 50.1 Å². The molecule has 1 aliphatic rings. The number of halogens is 1. The van der Waals surface area contributed by atoms with Gasteiger partial charge in [0.1, 0.15) is 0 Å². The van der Waals surface area contributed by atoms with Gasteiger partial charge in [0.05, 0.1) is 5.69 Å². The number of hydrogen-bond donors (Lipinski definition) is 0. The first-order valence-electron chi connectivity index (χ1n) is 8.75. The largest absolute Gasteiger partial charge is 0.353 e. The third-order valence-electron chi connectivity index (χ3n) is 4.59. The Balaban J connectivity index is 1.35. The van der Waals surface area contributed by atoms with Crippen LogP contribution in [-0.4, -0.2) is 51.1 Å². The van der Waals surface area contributed by atoms with Crippen LogP contribution >= 0.6 is 15.9 Å². The van der Waals surface area contributed by atoms with Gasteiger partial charge in [-0.3, -0.25) is 4.90 Å². The van der Waals surface area contributed by atoms with Gasteiger partial charge in [-0.25, -0.2) is 4.68 Å². The molecule has 0 unspecified atom stereocenters. The van der Waals surface area contributed by atoms with Crippen LogP contribution in [-0.2, 0) is 6.54 Å².